The summed E-state index contributed by atoms with van der Waals surface area (Å²) in [5, 5.41) is 12.0. The molecule has 0 aliphatic carbocycles. The van der Waals surface area contributed by atoms with Crippen molar-refractivity contribution >= 4 is 44.5 Å². The summed E-state index contributed by atoms with van der Waals surface area (Å²) in [4.78, 5) is 31.8. The Bertz CT molecular complexity index is 1290. The van der Waals surface area contributed by atoms with Gasteiger partial charge in [0.25, 0.3) is 5.56 Å². The van der Waals surface area contributed by atoms with Gasteiger partial charge >= 0.3 is 6.09 Å². The van der Waals surface area contributed by atoms with Gasteiger partial charge in [-0.05, 0) is 46.5 Å². The Kier molecular flexibility index (Phi) is 6.37. The zero-order valence-corrected chi connectivity index (χ0v) is 20.5. The topological polar surface area (TPSA) is 93.9 Å². The van der Waals surface area contributed by atoms with Crippen LogP contribution in [0.3, 0.4) is 0 Å². The van der Waals surface area contributed by atoms with Gasteiger partial charge in [0.05, 0.1) is 40.9 Å². The van der Waals surface area contributed by atoms with E-state index in [0.29, 0.717) is 33.4 Å². The first-order valence-corrected chi connectivity index (χ1v) is 12.2. The largest absolute Gasteiger partial charge is 0.445 e. The number of ether oxygens (including phenoxy) is 2. The number of aromatic nitrogens is 2. The maximum atomic E-state index is 13.0. The van der Waals surface area contributed by atoms with Gasteiger partial charge in [-0.1, -0.05) is 41.9 Å². The summed E-state index contributed by atoms with van der Waals surface area (Å²) in [5.74, 6) is -1.62. The van der Waals surface area contributed by atoms with Crippen LogP contribution in [0.4, 0.5) is 4.79 Å². The van der Waals surface area contributed by atoms with Crippen molar-refractivity contribution in [3.63, 3.8) is 0 Å². The number of benzene rings is 2. The van der Waals surface area contributed by atoms with Gasteiger partial charge in [0.1, 0.15) is 6.61 Å². The van der Waals surface area contributed by atoms with Crippen LogP contribution in [0.25, 0.3) is 10.9 Å². The van der Waals surface area contributed by atoms with Gasteiger partial charge in [-0.15, -0.1) is 0 Å². The third-order valence-electron chi connectivity index (χ3n) is 6.34. The standard InChI is InChI=1S/C24H23BrClN3O5/c25-17-10-19-16(9-18(17)26)22(30)28(14-27-19)13-24(32)11-20-21(34-24)7-4-8-29(20)23(31)33-12-15-5-2-1-3-6-15/h1-3,5-6,9-10,14,20-21,32H,4,7-8,11-13H2/t20-,21-,24-/m0/s1. The zero-order valence-electron chi connectivity index (χ0n) is 18.2. The highest BCUT2D eigenvalue weighted by Gasteiger charge is 2.50. The summed E-state index contributed by atoms with van der Waals surface area (Å²) in [7, 11) is 0. The van der Waals surface area contributed by atoms with E-state index in [1.165, 1.54) is 10.9 Å². The number of carbonyl (C=O) groups is 1. The minimum Gasteiger partial charge on any atom is -0.445 e. The van der Waals surface area contributed by atoms with Crippen LogP contribution >= 0.6 is 27.5 Å². The van der Waals surface area contributed by atoms with Gasteiger partial charge in [-0.2, -0.15) is 0 Å². The Morgan fingerprint density at radius 1 is 1.32 bits per heavy atom. The minimum absolute atomic E-state index is 0.109. The van der Waals surface area contributed by atoms with E-state index in [4.69, 9.17) is 21.1 Å². The number of piperidine rings is 1. The molecule has 2 aliphatic rings. The van der Waals surface area contributed by atoms with Crippen LogP contribution in [-0.2, 0) is 22.6 Å². The quantitative estimate of drug-likeness (QED) is 0.528. The molecule has 2 fully saturated rings. The van der Waals surface area contributed by atoms with Crippen molar-refractivity contribution in [2.24, 2.45) is 0 Å². The monoisotopic (exact) mass is 547 g/mol. The van der Waals surface area contributed by atoms with E-state index >= 15 is 0 Å². The minimum atomic E-state index is -1.62. The lowest BCUT2D eigenvalue weighted by atomic mass is 9.97. The molecule has 1 amide bonds. The lowest BCUT2D eigenvalue weighted by molar-refractivity contribution is -0.202. The molecule has 0 saturated carbocycles. The molecule has 0 bridgehead atoms. The van der Waals surface area contributed by atoms with Crippen molar-refractivity contribution in [1.29, 1.82) is 0 Å². The summed E-state index contributed by atoms with van der Waals surface area (Å²) >= 11 is 9.49. The first-order chi connectivity index (χ1) is 16.3. The second-order valence-electron chi connectivity index (χ2n) is 8.71. The summed E-state index contributed by atoms with van der Waals surface area (Å²) < 4.78 is 13.5. The van der Waals surface area contributed by atoms with E-state index < -0.39 is 11.9 Å². The second-order valence-corrected chi connectivity index (χ2v) is 9.97. The molecule has 178 valence electrons. The van der Waals surface area contributed by atoms with Crippen LogP contribution in [0.5, 0.6) is 0 Å². The molecule has 5 rings (SSSR count). The van der Waals surface area contributed by atoms with Gasteiger partial charge in [0.2, 0.25) is 0 Å². The van der Waals surface area contributed by atoms with Crippen molar-refractivity contribution in [1.82, 2.24) is 14.5 Å². The number of amides is 1. The molecule has 10 heteroatoms. The van der Waals surface area contributed by atoms with Crippen LogP contribution in [0.15, 0.2) is 58.1 Å². The van der Waals surface area contributed by atoms with E-state index in [9.17, 15) is 14.7 Å². The fourth-order valence-electron chi connectivity index (χ4n) is 4.72. The SMILES string of the molecule is O=C(OCc1ccccc1)N1CCC[C@@H]2O[C@](O)(Cn3cnc4cc(Br)c(Cl)cc4c3=O)C[C@@H]21. The van der Waals surface area contributed by atoms with E-state index in [-0.39, 0.29) is 37.3 Å². The molecule has 3 atom stereocenters. The molecular formula is C24H23BrClN3O5. The molecular weight excluding hydrogens is 526 g/mol. The average Bonchev–Trinajstić information content (AvgIpc) is 3.17. The number of fused-ring (bicyclic) bond motifs is 2. The Labute approximate surface area is 209 Å². The third kappa shape index (κ3) is 4.57. The number of halogens is 2. The average molecular weight is 549 g/mol. The van der Waals surface area contributed by atoms with Gasteiger partial charge in [0, 0.05) is 17.4 Å². The highest BCUT2D eigenvalue weighted by Crippen LogP contribution is 2.38. The number of hydrogen-bond acceptors (Lipinski definition) is 6. The smallest absolute Gasteiger partial charge is 0.410 e. The van der Waals surface area contributed by atoms with Crippen molar-refractivity contribution < 1.29 is 19.4 Å². The fraction of sp³-hybridized carbons (Fsp3) is 0.375. The van der Waals surface area contributed by atoms with Crippen LogP contribution in [0.2, 0.25) is 5.02 Å². The molecule has 2 aromatic carbocycles. The molecule has 0 radical (unpaired) electrons. The number of nitrogens with zero attached hydrogens (tertiary/aromatic N) is 3. The number of hydrogen-bond donors (Lipinski definition) is 1. The molecule has 3 aromatic rings. The molecule has 2 saturated heterocycles. The molecule has 1 aromatic heterocycles. The Balaban J connectivity index is 1.32. The van der Waals surface area contributed by atoms with Gasteiger partial charge in [0.15, 0.2) is 5.79 Å². The van der Waals surface area contributed by atoms with Gasteiger partial charge in [-0.25, -0.2) is 9.78 Å². The first kappa shape index (κ1) is 23.3. The first-order valence-electron chi connectivity index (χ1n) is 11.0. The van der Waals surface area contributed by atoms with Crippen molar-refractivity contribution in [3.8, 4) is 0 Å². The Morgan fingerprint density at radius 2 is 2.12 bits per heavy atom. The van der Waals surface area contributed by atoms with E-state index in [1.54, 1.807) is 17.0 Å². The van der Waals surface area contributed by atoms with Gasteiger partial charge < -0.3 is 19.5 Å². The number of rotatable bonds is 4. The molecule has 0 spiro atoms. The lowest BCUT2D eigenvalue weighted by Gasteiger charge is -2.35. The molecule has 2 aliphatic heterocycles. The maximum Gasteiger partial charge on any atom is 0.410 e. The maximum absolute atomic E-state index is 13.0. The zero-order chi connectivity index (χ0) is 23.9. The third-order valence-corrected chi connectivity index (χ3v) is 7.54. The van der Waals surface area contributed by atoms with Crippen LogP contribution in [0.1, 0.15) is 24.8 Å². The van der Waals surface area contributed by atoms with Crippen LogP contribution in [-0.4, -0.2) is 50.1 Å². The van der Waals surface area contributed by atoms with Gasteiger partial charge in [-0.3, -0.25) is 9.36 Å². The number of carbonyl (C=O) groups excluding carboxylic acids is 1. The second kappa shape index (κ2) is 9.30. The van der Waals surface area contributed by atoms with E-state index in [1.807, 2.05) is 30.3 Å². The molecule has 34 heavy (non-hydrogen) atoms. The summed E-state index contributed by atoms with van der Waals surface area (Å²) in [6.07, 6.45) is 2.24. The predicted molar refractivity (Wildman–Crippen MR) is 130 cm³/mol. The predicted octanol–water partition coefficient (Wildman–Crippen LogP) is 4.09. The van der Waals surface area contributed by atoms with Crippen molar-refractivity contribution in [2.75, 3.05) is 6.54 Å². The normalized spacial score (nSPS) is 24.3. The molecule has 0 unspecified atom stereocenters. The number of likely N-dealkylation sites (tertiary alicyclic amines) is 1. The van der Waals surface area contributed by atoms with E-state index in [2.05, 4.69) is 20.9 Å². The number of aliphatic hydroxyl groups is 1. The Hall–Kier alpha value is -2.46. The lowest BCUT2D eigenvalue weighted by Crippen LogP contribution is -2.49. The van der Waals surface area contributed by atoms with E-state index in [0.717, 1.165) is 12.0 Å². The summed E-state index contributed by atoms with van der Waals surface area (Å²) in [6, 6.07) is 12.4. The highest BCUT2D eigenvalue weighted by atomic mass is 79.9. The van der Waals surface area contributed by atoms with Crippen LogP contribution in [0, 0.1) is 0 Å². The molecule has 1 N–H and O–H groups in total. The fourth-order valence-corrected chi connectivity index (χ4v) is 5.22. The molecule has 8 nitrogen and oxygen atoms in total. The summed E-state index contributed by atoms with van der Waals surface area (Å²) in [5.41, 5.74) is 1.07. The van der Waals surface area contributed by atoms with Crippen LogP contribution < -0.4 is 5.56 Å². The van der Waals surface area contributed by atoms with Crippen molar-refractivity contribution in [2.45, 2.75) is 50.3 Å². The highest BCUT2D eigenvalue weighted by molar-refractivity contribution is 9.10. The Morgan fingerprint density at radius 3 is 2.91 bits per heavy atom. The summed E-state index contributed by atoms with van der Waals surface area (Å²) in [6.45, 7) is 0.594. The van der Waals surface area contributed by atoms with Crippen molar-refractivity contribution in [3.05, 3.63) is 74.2 Å². The molecule has 3 heterocycles.